The summed E-state index contributed by atoms with van der Waals surface area (Å²) in [5.41, 5.74) is 0.642. The molecule has 0 saturated heterocycles. The van der Waals surface area contributed by atoms with Crippen LogP contribution in [0.2, 0.25) is 0 Å². The topological polar surface area (TPSA) is 104 Å². The Kier molecular flexibility index (Phi) is 4.85. The number of aromatic hydroxyl groups is 2. The molecule has 0 aliphatic rings. The van der Waals surface area contributed by atoms with Gasteiger partial charge in [0.2, 0.25) is 5.78 Å². The van der Waals surface area contributed by atoms with Crippen molar-refractivity contribution in [2.45, 2.75) is 13.3 Å². The Balaban J connectivity index is 2.14. The van der Waals surface area contributed by atoms with Gasteiger partial charge in [-0.25, -0.2) is 4.79 Å². The Morgan fingerprint density at radius 3 is 2.48 bits per heavy atom. The first-order valence-electron chi connectivity index (χ1n) is 6.96. The Morgan fingerprint density at radius 1 is 1.09 bits per heavy atom. The van der Waals surface area contributed by atoms with E-state index in [-0.39, 0.29) is 35.0 Å². The van der Waals surface area contributed by atoms with Crippen molar-refractivity contribution in [2.24, 2.45) is 0 Å². The van der Waals surface area contributed by atoms with Gasteiger partial charge in [0, 0.05) is 6.07 Å². The number of carboxylic acids is 1. The smallest absolute Gasteiger partial charge is 0.335 e. The number of hydrogen-bond donors (Lipinski definition) is 3. The average molecular weight is 316 g/mol. The van der Waals surface area contributed by atoms with Gasteiger partial charge in [-0.3, -0.25) is 4.79 Å². The second-order valence-corrected chi connectivity index (χ2v) is 4.90. The number of ketones is 1. The molecule has 120 valence electrons. The Hall–Kier alpha value is -3.02. The second kappa shape index (κ2) is 6.83. The number of carboxylic acid groups (broad SMARTS) is 1. The van der Waals surface area contributed by atoms with Crippen LogP contribution in [-0.4, -0.2) is 33.7 Å². The number of hydrogen-bond acceptors (Lipinski definition) is 5. The third-order valence-electron chi connectivity index (χ3n) is 3.33. The van der Waals surface area contributed by atoms with Gasteiger partial charge in [0.05, 0.1) is 11.1 Å². The average Bonchev–Trinajstić information content (AvgIpc) is 2.53. The molecule has 6 nitrogen and oxygen atoms in total. The predicted molar refractivity (Wildman–Crippen MR) is 82.4 cm³/mol. The van der Waals surface area contributed by atoms with Gasteiger partial charge >= 0.3 is 5.97 Å². The first-order chi connectivity index (χ1) is 10.9. The van der Waals surface area contributed by atoms with Crippen LogP contribution in [0.15, 0.2) is 36.4 Å². The zero-order chi connectivity index (χ0) is 17.0. The van der Waals surface area contributed by atoms with Gasteiger partial charge in [-0.1, -0.05) is 13.0 Å². The first kappa shape index (κ1) is 16.4. The van der Waals surface area contributed by atoms with Crippen LogP contribution in [0.25, 0.3) is 0 Å². The molecule has 0 spiro atoms. The van der Waals surface area contributed by atoms with Crippen LogP contribution in [0.3, 0.4) is 0 Å². The second-order valence-electron chi connectivity index (χ2n) is 4.90. The number of phenols is 2. The molecule has 0 amide bonds. The van der Waals surface area contributed by atoms with E-state index in [1.807, 2.05) is 6.92 Å². The van der Waals surface area contributed by atoms with Gasteiger partial charge in [0.15, 0.2) is 6.61 Å². The van der Waals surface area contributed by atoms with E-state index >= 15 is 0 Å². The Bertz CT molecular complexity index is 751. The van der Waals surface area contributed by atoms with E-state index in [4.69, 9.17) is 9.84 Å². The molecular formula is C17H16O6. The zero-order valence-corrected chi connectivity index (χ0v) is 12.4. The standard InChI is InChI=1S/C17H16O6/c1-2-10-7-13(15(19)8-14(10)18)16(20)9-23-12-5-3-4-11(6-12)17(21)22/h3-8,18-19H,2,9H2,1H3,(H,21,22). The van der Waals surface area contributed by atoms with Gasteiger partial charge in [-0.2, -0.15) is 0 Å². The molecule has 23 heavy (non-hydrogen) atoms. The summed E-state index contributed by atoms with van der Waals surface area (Å²) < 4.78 is 5.29. The van der Waals surface area contributed by atoms with E-state index < -0.39 is 11.8 Å². The maximum Gasteiger partial charge on any atom is 0.335 e. The van der Waals surface area contributed by atoms with Gasteiger partial charge in [0.1, 0.15) is 17.2 Å². The summed E-state index contributed by atoms with van der Waals surface area (Å²) in [6.07, 6.45) is 0.508. The molecule has 0 radical (unpaired) electrons. The summed E-state index contributed by atoms with van der Waals surface area (Å²) in [6, 6.07) is 8.31. The summed E-state index contributed by atoms with van der Waals surface area (Å²) in [6.45, 7) is 1.46. The number of Topliss-reactive ketones (excluding diaryl/α,β-unsaturated/α-hetero) is 1. The lowest BCUT2D eigenvalue weighted by molar-refractivity contribution is 0.0696. The van der Waals surface area contributed by atoms with Gasteiger partial charge in [0.25, 0.3) is 0 Å². The molecule has 0 heterocycles. The molecule has 0 fully saturated rings. The molecule has 0 atom stereocenters. The normalized spacial score (nSPS) is 10.3. The first-order valence-corrected chi connectivity index (χ1v) is 6.96. The van der Waals surface area contributed by atoms with Crippen molar-refractivity contribution in [3.63, 3.8) is 0 Å². The number of rotatable bonds is 6. The van der Waals surface area contributed by atoms with Crippen molar-refractivity contribution in [2.75, 3.05) is 6.61 Å². The fourth-order valence-electron chi connectivity index (χ4n) is 2.07. The number of phenolic OH excluding ortho intramolecular Hbond substituents is 2. The van der Waals surface area contributed by atoms with E-state index in [9.17, 15) is 19.8 Å². The molecule has 2 aromatic carbocycles. The van der Waals surface area contributed by atoms with Crippen LogP contribution >= 0.6 is 0 Å². The van der Waals surface area contributed by atoms with E-state index in [0.717, 1.165) is 6.07 Å². The zero-order valence-electron chi connectivity index (χ0n) is 12.4. The van der Waals surface area contributed by atoms with Crippen LogP contribution in [-0.2, 0) is 6.42 Å². The minimum atomic E-state index is -1.09. The SMILES string of the molecule is CCc1cc(C(=O)COc2cccc(C(=O)O)c2)c(O)cc1O. The number of carbonyl (C=O) groups is 2. The lowest BCUT2D eigenvalue weighted by Crippen LogP contribution is -2.12. The van der Waals surface area contributed by atoms with Crippen molar-refractivity contribution in [1.29, 1.82) is 0 Å². The number of carbonyl (C=O) groups excluding carboxylic acids is 1. The molecule has 0 aromatic heterocycles. The molecule has 2 rings (SSSR count). The highest BCUT2D eigenvalue weighted by atomic mass is 16.5. The highest BCUT2D eigenvalue weighted by Gasteiger charge is 2.15. The Morgan fingerprint density at radius 2 is 1.83 bits per heavy atom. The van der Waals surface area contributed by atoms with Crippen molar-refractivity contribution < 1.29 is 29.6 Å². The highest BCUT2D eigenvalue weighted by Crippen LogP contribution is 2.28. The summed E-state index contributed by atoms with van der Waals surface area (Å²) in [5.74, 6) is -1.72. The third-order valence-corrected chi connectivity index (χ3v) is 3.33. The molecule has 3 N–H and O–H groups in total. The third kappa shape index (κ3) is 3.79. The number of ether oxygens (including phenoxy) is 1. The summed E-state index contributed by atoms with van der Waals surface area (Å²) in [7, 11) is 0. The summed E-state index contributed by atoms with van der Waals surface area (Å²) >= 11 is 0. The minimum absolute atomic E-state index is 0.0500. The van der Waals surface area contributed by atoms with Crippen molar-refractivity contribution in [3.05, 3.63) is 53.1 Å². The van der Waals surface area contributed by atoms with E-state index in [1.54, 1.807) is 0 Å². The molecule has 0 saturated carbocycles. The molecule has 0 bridgehead atoms. The molecule has 0 unspecified atom stereocenters. The maximum absolute atomic E-state index is 12.2. The maximum atomic E-state index is 12.2. The fourth-order valence-corrected chi connectivity index (χ4v) is 2.07. The van der Waals surface area contributed by atoms with Crippen LogP contribution in [0.4, 0.5) is 0 Å². The van der Waals surface area contributed by atoms with E-state index in [1.165, 1.54) is 30.3 Å². The van der Waals surface area contributed by atoms with Gasteiger partial charge < -0.3 is 20.1 Å². The number of aryl methyl sites for hydroxylation is 1. The van der Waals surface area contributed by atoms with Crippen LogP contribution in [0.5, 0.6) is 17.2 Å². The number of aromatic carboxylic acids is 1. The Labute approximate surface area is 132 Å². The minimum Gasteiger partial charge on any atom is -0.508 e. The van der Waals surface area contributed by atoms with Gasteiger partial charge in [-0.15, -0.1) is 0 Å². The van der Waals surface area contributed by atoms with Crippen LogP contribution in [0, 0.1) is 0 Å². The number of benzene rings is 2. The molecule has 6 heteroatoms. The lowest BCUT2D eigenvalue weighted by atomic mass is 10.0. The van der Waals surface area contributed by atoms with Crippen molar-refractivity contribution in [1.82, 2.24) is 0 Å². The van der Waals surface area contributed by atoms with E-state index in [2.05, 4.69) is 0 Å². The lowest BCUT2D eigenvalue weighted by Gasteiger charge is -2.10. The predicted octanol–water partition coefficient (Wildman–Crippen LogP) is 2.62. The molecule has 0 aliphatic heterocycles. The van der Waals surface area contributed by atoms with Crippen LogP contribution < -0.4 is 4.74 Å². The monoisotopic (exact) mass is 316 g/mol. The largest absolute Gasteiger partial charge is 0.508 e. The van der Waals surface area contributed by atoms with Crippen molar-refractivity contribution in [3.8, 4) is 17.2 Å². The highest BCUT2D eigenvalue weighted by molar-refractivity contribution is 6.00. The molecular weight excluding hydrogens is 300 g/mol. The van der Waals surface area contributed by atoms with Gasteiger partial charge in [-0.05, 0) is 36.2 Å². The van der Waals surface area contributed by atoms with Crippen LogP contribution in [0.1, 0.15) is 33.2 Å². The summed E-state index contributed by atoms with van der Waals surface area (Å²) in [5, 5.41) is 28.3. The molecule has 2 aromatic rings. The van der Waals surface area contributed by atoms with E-state index in [0.29, 0.717) is 12.0 Å². The fraction of sp³-hybridized carbons (Fsp3) is 0.176. The van der Waals surface area contributed by atoms with Crippen molar-refractivity contribution >= 4 is 11.8 Å². The summed E-state index contributed by atoms with van der Waals surface area (Å²) in [4.78, 5) is 23.0. The quantitative estimate of drug-likeness (QED) is 0.708. The molecule has 0 aliphatic carbocycles.